The summed E-state index contributed by atoms with van der Waals surface area (Å²) in [6.45, 7) is 1.75. The van der Waals surface area contributed by atoms with Crippen LogP contribution >= 0.6 is 0 Å². The molecule has 1 aromatic carbocycles. The second kappa shape index (κ2) is 2.17. The molecule has 62 valence electrons. The molecule has 0 bridgehead atoms. The molecule has 0 saturated heterocycles. The maximum Gasteiger partial charge on any atom is 0.142 e. The highest BCUT2D eigenvalue weighted by atomic mass is 16.3. The molecule has 0 spiro atoms. The van der Waals surface area contributed by atoms with E-state index >= 15 is 0 Å². The van der Waals surface area contributed by atoms with Crippen LogP contribution in [0, 0.1) is 6.92 Å². The van der Waals surface area contributed by atoms with E-state index in [1.54, 1.807) is 25.3 Å². The van der Waals surface area contributed by atoms with Crippen molar-refractivity contribution in [3.05, 3.63) is 23.9 Å². The van der Waals surface area contributed by atoms with Gasteiger partial charge in [-0.25, -0.2) is 0 Å². The van der Waals surface area contributed by atoms with Gasteiger partial charge in [-0.1, -0.05) is 0 Å². The van der Waals surface area contributed by atoms with Gasteiger partial charge in [-0.15, -0.1) is 0 Å². The number of phenolic OH excluding ortho intramolecular Hbond substituents is 2. The molecule has 0 amide bonds. The highest BCUT2D eigenvalue weighted by Crippen LogP contribution is 2.33. The molecule has 1 heterocycles. The lowest BCUT2D eigenvalue weighted by molar-refractivity contribution is 0.465. The van der Waals surface area contributed by atoms with Crippen LogP contribution in [0.4, 0.5) is 0 Å². The minimum Gasteiger partial charge on any atom is -0.507 e. The largest absolute Gasteiger partial charge is 0.507 e. The summed E-state index contributed by atoms with van der Waals surface area (Å²) in [6.07, 6.45) is 1.68. The van der Waals surface area contributed by atoms with Crippen molar-refractivity contribution in [2.45, 2.75) is 6.92 Å². The van der Waals surface area contributed by atoms with Gasteiger partial charge in [0, 0.05) is 11.6 Å². The highest BCUT2D eigenvalue weighted by molar-refractivity contribution is 5.91. The zero-order chi connectivity index (χ0) is 8.72. The molecule has 0 radical (unpaired) electrons. The summed E-state index contributed by atoms with van der Waals surface area (Å²) < 4.78 is 0. The topological polar surface area (TPSA) is 56.2 Å². The molecule has 0 atom stereocenters. The van der Waals surface area contributed by atoms with Gasteiger partial charge >= 0.3 is 0 Å². The summed E-state index contributed by atoms with van der Waals surface area (Å²) in [6, 6.07) is 3.27. The summed E-state index contributed by atoms with van der Waals surface area (Å²) in [5.74, 6) is 0.398. The highest BCUT2D eigenvalue weighted by Gasteiger charge is 2.07. The minimum absolute atomic E-state index is 0.196. The number of aromatic hydroxyl groups is 2. The van der Waals surface area contributed by atoms with Crippen molar-refractivity contribution in [2.24, 2.45) is 0 Å². The van der Waals surface area contributed by atoms with Crippen LogP contribution in [0.1, 0.15) is 5.56 Å². The number of rotatable bonds is 0. The summed E-state index contributed by atoms with van der Waals surface area (Å²) in [5.41, 5.74) is 1.26. The fraction of sp³-hybridized carbons (Fsp3) is 0.111. The first-order valence-electron chi connectivity index (χ1n) is 3.69. The Hall–Kier alpha value is -1.64. The first-order chi connectivity index (χ1) is 5.70. The van der Waals surface area contributed by atoms with Gasteiger partial charge in [0.1, 0.15) is 11.5 Å². The summed E-state index contributed by atoms with van der Waals surface area (Å²) >= 11 is 0. The molecule has 2 rings (SSSR count). The molecule has 0 aliphatic carbocycles. The van der Waals surface area contributed by atoms with Crippen LogP contribution in [-0.4, -0.2) is 15.2 Å². The van der Waals surface area contributed by atoms with Crippen LogP contribution < -0.4 is 0 Å². The predicted molar refractivity (Wildman–Crippen MR) is 46.4 cm³/mol. The Morgan fingerprint density at radius 2 is 2.08 bits per heavy atom. The molecule has 0 unspecified atom stereocenters. The Kier molecular flexibility index (Phi) is 1.27. The number of aryl methyl sites for hydroxylation is 1. The zero-order valence-corrected chi connectivity index (χ0v) is 6.63. The molecular weight excluding hydrogens is 154 g/mol. The Morgan fingerprint density at radius 1 is 1.33 bits per heavy atom. The van der Waals surface area contributed by atoms with Gasteiger partial charge in [0.15, 0.2) is 0 Å². The first-order valence-corrected chi connectivity index (χ1v) is 3.69. The lowest BCUT2D eigenvalue weighted by Crippen LogP contribution is -1.77. The third-order valence-electron chi connectivity index (χ3n) is 1.99. The van der Waals surface area contributed by atoms with Crippen molar-refractivity contribution >= 4 is 10.9 Å². The van der Waals surface area contributed by atoms with Crippen molar-refractivity contribution in [3.8, 4) is 11.5 Å². The average molecular weight is 163 g/mol. The van der Waals surface area contributed by atoms with Crippen molar-refractivity contribution in [3.63, 3.8) is 0 Å². The van der Waals surface area contributed by atoms with Crippen LogP contribution in [-0.2, 0) is 0 Å². The quantitative estimate of drug-likeness (QED) is 0.519. The van der Waals surface area contributed by atoms with Crippen LogP contribution in [0.3, 0.4) is 0 Å². The monoisotopic (exact) mass is 163 g/mol. The Labute approximate surface area is 69.3 Å². The number of hydrogen-bond acceptors (Lipinski definition) is 2. The molecule has 0 aliphatic rings. The van der Waals surface area contributed by atoms with Crippen LogP contribution in [0.2, 0.25) is 0 Å². The Balaban J connectivity index is 2.97. The van der Waals surface area contributed by atoms with E-state index in [4.69, 9.17) is 0 Å². The van der Waals surface area contributed by atoms with Gasteiger partial charge in [-0.3, -0.25) is 0 Å². The smallest absolute Gasteiger partial charge is 0.142 e. The number of fused-ring (bicyclic) bond motifs is 1. The van der Waals surface area contributed by atoms with Crippen LogP contribution in [0.5, 0.6) is 11.5 Å². The maximum atomic E-state index is 9.53. The normalized spacial score (nSPS) is 10.8. The van der Waals surface area contributed by atoms with Crippen LogP contribution in [0.25, 0.3) is 10.9 Å². The van der Waals surface area contributed by atoms with Gasteiger partial charge in [-0.2, -0.15) is 0 Å². The number of H-pyrrole nitrogens is 1. The fourth-order valence-corrected chi connectivity index (χ4v) is 1.33. The van der Waals surface area contributed by atoms with E-state index in [9.17, 15) is 10.2 Å². The molecule has 0 saturated carbocycles. The maximum absolute atomic E-state index is 9.53. The van der Waals surface area contributed by atoms with E-state index in [1.807, 2.05) is 0 Å². The third kappa shape index (κ3) is 0.763. The van der Waals surface area contributed by atoms with E-state index in [0.717, 1.165) is 0 Å². The van der Waals surface area contributed by atoms with Crippen molar-refractivity contribution in [1.82, 2.24) is 4.98 Å². The zero-order valence-electron chi connectivity index (χ0n) is 6.63. The van der Waals surface area contributed by atoms with Crippen molar-refractivity contribution < 1.29 is 10.2 Å². The standard InChI is InChI=1S/C9H9NO2/c1-5-4-7(11)6-2-3-10-8(6)9(5)12/h2-4,10-12H,1H3. The molecule has 12 heavy (non-hydrogen) atoms. The molecule has 3 N–H and O–H groups in total. The fourth-order valence-electron chi connectivity index (χ4n) is 1.33. The lowest BCUT2D eigenvalue weighted by Gasteiger charge is -2.01. The van der Waals surface area contributed by atoms with Gasteiger partial charge in [0.05, 0.1) is 5.52 Å². The lowest BCUT2D eigenvalue weighted by atomic mass is 10.1. The van der Waals surface area contributed by atoms with Gasteiger partial charge < -0.3 is 15.2 Å². The molecular formula is C9H9NO2. The summed E-state index contributed by atoms with van der Waals surface area (Å²) in [5, 5.41) is 19.6. The minimum atomic E-state index is 0.196. The van der Waals surface area contributed by atoms with E-state index in [2.05, 4.69) is 4.98 Å². The molecule has 1 aromatic heterocycles. The van der Waals surface area contributed by atoms with Crippen LogP contribution in [0.15, 0.2) is 18.3 Å². The van der Waals surface area contributed by atoms with E-state index in [-0.39, 0.29) is 11.5 Å². The van der Waals surface area contributed by atoms with Gasteiger partial charge in [0.25, 0.3) is 0 Å². The van der Waals surface area contributed by atoms with Crippen molar-refractivity contribution in [2.75, 3.05) is 0 Å². The SMILES string of the molecule is Cc1cc(O)c2cc[nH]c2c1O. The molecule has 2 aromatic rings. The first kappa shape index (κ1) is 7.03. The van der Waals surface area contributed by atoms with E-state index in [0.29, 0.717) is 16.5 Å². The molecule has 0 aliphatic heterocycles. The average Bonchev–Trinajstić information content (AvgIpc) is 2.48. The van der Waals surface area contributed by atoms with E-state index < -0.39 is 0 Å². The molecule has 0 fully saturated rings. The molecule has 3 nitrogen and oxygen atoms in total. The number of hydrogen-bond donors (Lipinski definition) is 3. The molecule has 3 heteroatoms. The second-order valence-corrected chi connectivity index (χ2v) is 2.83. The van der Waals surface area contributed by atoms with Gasteiger partial charge in [-0.05, 0) is 24.6 Å². The number of nitrogens with one attached hydrogen (secondary N) is 1. The number of aromatic amines is 1. The van der Waals surface area contributed by atoms with E-state index in [1.165, 1.54) is 0 Å². The summed E-state index contributed by atoms with van der Waals surface area (Å²) in [7, 11) is 0. The third-order valence-corrected chi connectivity index (χ3v) is 1.99. The number of phenols is 2. The Morgan fingerprint density at radius 3 is 2.83 bits per heavy atom. The van der Waals surface area contributed by atoms with Crippen molar-refractivity contribution in [1.29, 1.82) is 0 Å². The number of benzene rings is 1. The second-order valence-electron chi connectivity index (χ2n) is 2.83. The summed E-state index contributed by atoms with van der Waals surface area (Å²) in [4.78, 5) is 2.86. The predicted octanol–water partition coefficient (Wildman–Crippen LogP) is 1.89. The number of aromatic nitrogens is 1. The van der Waals surface area contributed by atoms with Gasteiger partial charge in [0.2, 0.25) is 0 Å². The Bertz CT molecular complexity index is 431.